The highest BCUT2D eigenvalue weighted by Gasteiger charge is 2.42. The van der Waals surface area contributed by atoms with E-state index in [1.165, 1.54) is 31.3 Å². The lowest BCUT2D eigenvalue weighted by Gasteiger charge is -2.21. The van der Waals surface area contributed by atoms with Crippen molar-refractivity contribution in [3.05, 3.63) is 27.7 Å². The van der Waals surface area contributed by atoms with E-state index >= 15 is 0 Å². The number of nitrogens with one attached hydrogen (secondary N) is 1. The molecule has 0 bridgehead atoms. The molecule has 132 valence electrons. The van der Waals surface area contributed by atoms with Gasteiger partial charge in [-0.25, -0.2) is 9.97 Å². The second kappa shape index (κ2) is 5.48. The standard InChI is InChI=1S/C16H19FN6OS/c1-8-12(17)14(24)20-15(18-8)22-4-10-6-23(7-11(10)5-22)16-19-13(21-25-16)9-2-3-9/h9-11H,2-7H2,1H3,(H,18,20,24). The zero-order valence-corrected chi connectivity index (χ0v) is 14.7. The van der Waals surface area contributed by atoms with Crippen LogP contribution in [0, 0.1) is 24.6 Å². The van der Waals surface area contributed by atoms with Crippen LogP contribution in [0.15, 0.2) is 4.79 Å². The van der Waals surface area contributed by atoms with Crippen molar-refractivity contribution in [3.8, 4) is 0 Å². The van der Waals surface area contributed by atoms with Crippen LogP contribution in [-0.2, 0) is 0 Å². The fourth-order valence-electron chi connectivity index (χ4n) is 3.89. The van der Waals surface area contributed by atoms with E-state index in [2.05, 4.69) is 24.1 Å². The number of rotatable bonds is 3. The van der Waals surface area contributed by atoms with Crippen LogP contribution in [0.3, 0.4) is 0 Å². The van der Waals surface area contributed by atoms with Crippen molar-refractivity contribution < 1.29 is 4.39 Å². The van der Waals surface area contributed by atoms with Gasteiger partial charge in [0.15, 0.2) is 0 Å². The molecular weight excluding hydrogens is 343 g/mol. The molecule has 1 aliphatic carbocycles. The van der Waals surface area contributed by atoms with Crippen LogP contribution in [0.4, 0.5) is 15.5 Å². The van der Waals surface area contributed by atoms with Crippen LogP contribution < -0.4 is 15.4 Å². The predicted octanol–water partition coefficient (Wildman–Crippen LogP) is 1.52. The van der Waals surface area contributed by atoms with Crippen molar-refractivity contribution in [3.63, 3.8) is 0 Å². The molecule has 4 heterocycles. The lowest BCUT2D eigenvalue weighted by atomic mass is 10.0. The molecule has 0 amide bonds. The zero-order chi connectivity index (χ0) is 17.1. The van der Waals surface area contributed by atoms with Crippen molar-refractivity contribution in [2.24, 2.45) is 11.8 Å². The van der Waals surface area contributed by atoms with Gasteiger partial charge in [-0.3, -0.25) is 9.78 Å². The van der Waals surface area contributed by atoms with Crippen LogP contribution >= 0.6 is 11.5 Å². The Morgan fingerprint density at radius 3 is 2.44 bits per heavy atom. The second-order valence-electron chi connectivity index (χ2n) is 7.33. The first-order valence-electron chi connectivity index (χ1n) is 8.68. The third kappa shape index (κ3) is 2.61. The highest BCUT2D eigenvalue weighted by Crippen LogP contribution is 2.41. The molecule has 2 aromatic heterocycles. The second-order valence-corrected chi connectivity index (χ2v) is 8.06. The van der Waals surface area contributed by atoms with Crippen LogP contribution in [-0.4, -0.2) is 45.5 Å². The molecule has 2 aliphatic heterocycles. The highest BCUT2D eigenvalue weighted by molar-refractivity contribution is 7.09. The van der Waals surface area contributed by atoms with Gasteiger partial charge in [0.05, 0.1) is 5.69 Å². The summed E-state index contributed by atoms with van der Waals surface area (Å²) in [5.74, 6) is 2.30. The topological polar surface area (TPSA) is 78.0 Å². The summed E-state index contributed by atoms with van der Waals surface area (Å²) in [6.07, 6.45) is 2.44. The largest absolute Gasteiger partial charge is 0.346 e. The Morgan fingerprint density at radius 2 is 1.80 bits per heavy atom. The smallest absolute Gasteiger partial charge is 0.288 e. The van der Waals surface area contributed by atoms with Gasteiger partial charge in [-0.05, 0) is 19.8 Å². The zero-order valence-electron chi connectivity index (χ0n) is 13.9. The Balaban J connectivity index is 1.29. The minimum Gasteiger partial charge on any atom is -0.346 e. The summed E-state index contributed by atoms with van der Waals surface area (Å²) in [7, 11) is 0. The number of fused-ring (bicyclic) bond motifs is 1. The SMILES string of the molecule is Cc1nc(N2CC3CN(c4nc(C5CC5)ns4)CC3C2)[nH]c(=O)c1F. The maximum Gasteiger partial charge on any atom is 0.288 e. The van der Waals surface area contributed by atoms with E-state index in [0.29, 0.717) is 23.7 Å². The van der Waals surface area contributed by atoms with Gasteiger partial charge in [-0.1, -0.05) is 0 Å². The molecule has 5 rings (SSSR count). The Labute approximate surface area is 148 Å². The first-order valence-corrected chi connectivity index (χ1v) is 9.45. The van der Waals surface area contributed by atoms with Crippen LogP contribution in [0.5, 0.6) is 0 Å². The van der Waals surface area contributed by atoms with Gasteiger partial charge < -0.3 is 9.80 Å². The van der Waals surface area contributed by atoms with Crippen molar-refractivity contribution in [2.45, 2.75) is 25.7 Å². The number of nitrogens with zero attached hydrogens (tertiary/aromatic N) is 5. The van der Waals surface area contributed by atoms with Gasteiger partial charge in [0.2, 0.25) is 16.9 Å². The lowest BCUT2D eigenvalue weighted by Crippen LogP contribution is -2.31. The monoisotopic (exact) mass is 362 g/mol. The summed E-state index contributed by atoms with van der Waals surface area (Å²) in [5, 5.41) is 1.03. The third-order valence-electron chi connectivity index (χ3n) is 5.45. The van der Waals surface area contributed by atoms with Gasteiger partial charge in [0.1, 0.15) is 5.82 Å². The number of hydrogen-bond acceptors (Lipinski definition) is 7. The van der Waals surface area contributed by atoms with Crippen LogP contribution in [0.1, 0.15) is 30.3 Å². The summed E-state index contributed by atoms with van der Waals surface area (Å²) in [6, 6.07) is 0. The number of H-pyrrole nitrogens is 1. The first-order chi connectivity index (χ1) is 12.1. The molecule has 2 atom stereocenters. The molecule has 7 nitrogen and oxygen atoms in total. The molecule has 2 saturated heterocycles. The Hall–Kier alpha value is -2.03. The molecule has 9 heteroatoms. The van der Waals surface area contributed by atoms with E-state index < -0.39 is 11.4 Å². The van der Waals surface area contributed by atoms with E-state index in [-0.39, 0.29) is 5.69 Å². The maximum atomic E-state index is 13.5. The van der Waals surface area contributed by atoms with Crippen molar-refractivity contribution in [1.29, 1.82) is 0 Å². The molecule has 0 aromatic carbocycles. The van der Waals surface area contributed by atoms with Gasteiger partial charge in [0, 0.05) is 55.5 Å². The van der Waals surface area contributed by atoms with E-state index in [1.807, 2.05) is 0 Å². The summed E-state index contributed by atoms with van der Waals surface area (Å²) < 4.78 is 18.0. The van der Waals surface area contributed by atoms with E-state index in [0.717, 1.165) is 37.1 Å². The molecule has 25 heavy (non-hydrogen) atoms. The fourth-order valence-corrected chi connectivity index (χ4v) is 4.65. The van der Waals surface area contributed by atoms with E-state index in [9.17, 15) is 9.18 Å². The molecule has 2 aromatic rings. The first kappa shape index (κ1) is 15.2. The van der Waals surface area contributed by atoms with Crippen LogP contribution in [0.25, 0.3) is 0 Å². The predicted molar refractivity (Wildman–Crippen MR) is 92.8 cm³/mol. The maximum absolute atomic E-state index is 13.5. The molecule has 2 unspecified atom stereocenters. The van der Waals surface area contributed by atoms with Gasteiger partial charge in [-0.15, -0.1) is 0 Å². The van der Waals surface area contributed by atoms with Gasteiger partial charge in [0.25, 0.3) is 5.56 Å². The van der Waals surface area contributed by atoms with Crippen LogP contribution in [0.2, 0.25) is 0 Å². The lowest BCUT2D eigenvalue weighted by molar-refractivity contribution is 0.533. The van der Waals surface area contributed by atoms with Crippen molar-refractivity contribution >= 4 is 22.6 Å². The molecule has 1 saturated carbocycles. The summed E-state index contributed by atoms with van der Waals surface area (Å²) in [5.41, 5.74) is -0.540. The number of aromatic nitrogens is 4. The van der Waals surface area contributed by atoms with E-state index in [4.69, 9.17) is 4.98 Å². The molecule has 3 fully saturated rings. The molecule has 1 N–H and O–H groups in total. The molecule has 3 aliphatic rings. The summed E-state index contributed by atoms with van der Waals surface area (Å²) in [4.78, 5) is 27.5. The van der Waals surface area contributed by atoms with Crippen molar-refractivity contribution in [1.82, 2.24) is 19.3 Å². The average Bonchev–Trinajstić information content (AvgIpc) is 3.02. The molecule has 0 spiro atoms. The molecule has 0 radical (unpaired) electrons. The number of hydrogen-bond donors (Lipinski definition) is 1. The number of aryl methyl sites for hydroxylation is 1. The third-order valence-corrected chi connectivity index (χ3v) is 6.24. The summed E-state index contributed by atoms with van der Waals surface area (Å²) in [6.45, 7) is 5.07. The molecular formula is C16H19FN6OS. The Bertz CT molecular complexity index is 864. The quantitative estimate of drug-likeness (QED) is 0.892. The van der Waals surface area contributed by atoms with Gasteiger partial charge >= 0.3 is 0 Å². The van der Waals surface area contributed by atoms with E-state index in [1.54, 1.807) is 0 Å². The average molecular weight is 362 g/mol. The Kier molecular flexibility index (Phi) is 3.34. The number of anilines is 2. The Morgan fingerprint density at radius 1 is 1.12 bits per heavy atom. The minimum absolute atomic E-state index is 0.152. The van der Waals surface area contributed by atoms with Crippen molar-refractivity contribution in [2.75, 3.05) is 36.0 Å². The number of aromatic amines is 1. The minimum atomic E-state index is -0.794. The van der Waals surface area contributed by atoms with Gasteiger partial charge in [-0.2, -0.15) is 8.76 Å². The normalized spacial score (nSPS) is 25.7. The highest BCUT2D eigenvalue weighted by atomic mass is 32.1. The summed E-state index contributed by atoms with van der Waals surface area (Å²) >= 11 is 1.51. The number of halogens is 1. The fraction of sp³-hybridized carbons (Fsp3) is 0.625.